The fourth-order valence-electron chi connectivity index (χ4n) is 1.02. The van der Waals surface area contributed by atoms with Crippen molar-refractivity contribution in [1.82, 2.24) is 9.78 Å². The number of nitrogens with two attached hydrogens (primary N) is 1. The van der Waals surface area contributed by atoms with Crippen LogP contribution in [0.25, 0.3) is 0 Å². The number of hydrogen-bond donors (Lipinski definition) is 1. The van der Waals surface area contributed by atoms with E-state index >= 15 is 0 Å². The molecule has 1 aromatic heterocycles. The van der Waals surface area contributed by atoms with Gasteiger partial charge >= 0.3 is 0 Å². The van der Waals surface area contributed by atoms with Gasteiger partial charge in [-0.1, -0.05) is 0 Å². The van der Waals surface area contributed by atoms with E-state index in [-0.39, 0.29) is 11.2 Å². The summed E-state index contributed by atoms with van der Waals surface area (Å²) in [7, 11) is 0. The van der Waals surface area contributed by atoms with Gasteiger partial charge in [0.2, 0.25) is 0 Å². The van der Waals surface area contributed by atoms with Gasteiger partial charge in [0.1, 0.15) is 5.69 Å². The van der Waals surface area contributed by atoms with E-state index in [1.807, 2.05) is 0 Å². The van der Waals surface area contributed by atoms with Crippen LogP contribution in [-0.2, 0) is 0 Å². The molecule has 0 amide bonds. The summed E-state index contributed by atoms with van der Waals surface area (Å²) < 4.78 is 1.47. The molecule has 58 valence electrons. The third-order valence-corrected chi connectivity index (χ3v) is 1.79. The second-order valence-corrected chi connectivity index (χ2v) is 2.77. The molecule has 0 atom stereocenters. The maximum atomic E-state index is 11.2. The zero-order valence-corrected chi connectivity index (χ0v) is 6.03. The van der Waals surface area contributed by atoms with Gasteiger partial charge in [-0.2, -0.15) is 5.10 Å². The Balaban J connectivity index is 2.54. The fourth-order valence-corrected chi connectivity index (χ4v) is 1.02. The van der Waals surface area contributed by atoms with Crippen LogP contribution in [0.3, 0.4) is 0 Å². The van der Waals surface area contributed by atoms with Crippen LogP contribution in [0.1, 0.15) is 18.9 Å². The molecule has 0 unspecified atom stereocenters. The maximum absolute atomic E-state index is 11.2. The summed E-state index contributed by atoms with van der Waals surface area (Å²) in [5.74, 6) is 0. The molecule has 4 nitrogen and oxygen atoms in total. The van der Waals surface area contributed by atoms with Crippen molar-refractivity contribution < 1.29 is 0 Å². The molecular weight excluding hydrogens is 142 g/mol. The summed E-state index contributed by atoms with van der Waals surface area (Å²) in [5.41, 5.74) is 5.54. The highest BCUT2D eigenvalue weighted by Crippen LogP contribution is 2.32. The van der Waals surface area contributed by atoms with Crippen LogP contribution in [0.2, 0.25) is 0 Å². The molecule has 2 rings (SSSR count). The van der Waals surface area contributed by atoms with Gasteiger partial charge in [0, 0.05) is 6.20 Å². The standard InChI is InChI=1S/C7H9N3O/c8-6-3-4-9-10(7(6)11)5-1-2-5/h3-5H,1-2,8H2. The number of nitrogens with zero attached hydrogens (tertiary/aromatic N) is 2. The van der Waals surface area contributed by atoms with Gasteiger partial charge in [-0.3, -0.25) is 4.79 Å². The third kappa shape index (κ3) is 1.00. The van der Waals surface area contributed by atoms with Gasteiger partial charge in [-0.25, -0.2) is 4.68 Å². The Bertz CT molecular complexity index is 327. The minimum absolute atomic E-state index is 0.157. The largest absolute Gasteiger partial charge is 0.394 e. The molecule has 1 aliphatic rings. The second-order valence-electron chi connectivity index (χ2n) is 2.77. The van der Waals surface area contributed by atoms with Gasteiger partial charge in [0.25, 0.3) is 5.56 Å². The smallest absolute Gasteiger partial charge is 0.290 e. The Morgan fingerprint density at radius 1 is 1.64 bits per heavy atom. The van der Waals surface area contributed by atoms with E-state index in [1.165, 1.54) is 10.7 Å². The first kappa shape index (κ1) is 6.39. The van der Waals surface area contributed by atoms with Crippen LogP contribution < -0.4 is 11.3 Å². The molecule has 1 saturated carbocycles. The average Bonchev–Trinajstić information content (AvgIpc) is 2.77. The molecule has 0 saturated heterocycles. The van der Waals surface area contributed by atoms with E-state index in [1.54, 1.807) is 6.20 Å². The monoisotopic (exact) mass is 151 g/mol. The molecule has 0 bridgehead atoms. The van der Waals surface area contributed by atoms with Crippen LogP contribution in [-0.4, -0.2) is 9.78 Å². The van der Waals surface area contributed by atoms with Crippen LogP contribution in [0.15, 0.2) is 17.1 Å². The second kappa shape index (κ2) is 2.08. The van der Waals surface area contributed by atoms with Crippen molar-refractivity contribution in [3.8, 4) is 0 Å². The zero-order valence-electron chi connectivity index (χ0n) is 6.03. The average molecular weight is 151 g/mol. The SMILES string of the molecule is Nc1ccnn(C2CC2)c1=O. The maximum Gasteiger partial charge on any atom is 0.290 e. The summed E-state index contributed by atoms with van der Waals surface area (Å²) in [4.78, 5) is 11.2. The minimum atomic E-state index is -0.157. The molecule has 11 heavy (non-hydrogen) atoms. The molecule has 0 radical (unpaired) electrons. The molecule has 1 fully saturated rings. The lowest BCUT2D eigenvalue weighted by Gasteiger charge is -2.00. The molecule has 0 spiro atoms. The van der Waals surface area contributed by atoms with E-state index in [9.17, 15) is 4.79 Å². The minimum Gasteiger partial charge on any atom is -0.394 e. The Hall–Kier alpha value is -1.32. The molecule has 1 aliphatic carbocycles. The van der Waals surface area contributed by atoms with Crippen LogP contribution in [0, 0.1) is 0 Å². The summed E-state index contributed by atoms with van der Waals surface area (Å²) in [6.07, 6.45) is 3.67. The summed E-state index contributed by atoms with van der Waals surface area (Å²) in [6.45, 7) is 0. The van der Waals surface area contributed by atoms with Crippen LogP contribution in [0.5, 0.6) is 0 Å². The highest BCUT2D eigenvalue weighted by molar-refractivity contribution is 5.32. The molecule has 0 aromatic carbocycles. The van der Waals surface area contributed by atoms with Crippen LogP contribution >= 0.6 is 0 Å². The van der Waals surface area contributed by atoms with Crippen LogP contribution in [0.4, 0.5) is 5.69 Å². The Morgan fingerprint density at radius 2 is 2.36 bits per heavy atom. The van der Waals surface area contributed by atoms with Crippen molar-refractivity contribution in [3.05, 3.63) is 22.6 Å². The van der Waals surface area contributed by atoms with Crippen molar-refractivity contribution >= 4 is 5.69 Å². The van der Waals surface area contributed by atoms with Gasteiger partial charge in [0.05, 0.1) is 6.04 Å². The van der Waals surface area contributed by atoms with Crippen molar-refractivity contribution in [1.29, 1.82) is 0 Å². The first-order valence-electron chi connectivity index (χ1n) is 3.62. The Labute approximate surface area is 63.6 Å². The predicted octanol–water partition coefficient (Wildman–Crippen LogP) is 0.160. The van der Waals surface area contributed by atoms with Crippen molar-refractivity contribution in [2.75, 3.05) is 5.73 Å². The number of nitrogen functional groups attached to an aromatic ring is 1. The molecule has 1 heterocycles. The van der Waals surface area contributed by atoms with Gasteiger partial charge in [-0.15, -0.1) is 0 Å². The summed E-state index contributed by atoms with van der Waals surface area (Å²) in [6, 6.07) is 1.84. The third-order valence-electron chi connectivity index (χ3n) is 1.79. The predicted molar refractivity (Wildman–Crippen MR) is 41.2 cm³/mol. The van der Waals surface area contributed by atoms with Crippen molar-refractivity contribution in [2.24, 2.45) is 0 Å². The van der Waals surface area contributed by atoms with Crippen molar-refractivity contribution in [2.45, 2.75) is 18.9 Å². The van der Waals surface area contributed by atoms with Gasteiger partial charge in [-0.05, 0) is 18.9 Å². The number of hydrogen-bond acceptors (Lipinski definition) is 3. The quantitative estimate of drug-likeness (QED) is 0.622. The normalized spacial score (nSPS) is 16.7. The first-order valence-corrected chi connectivity index (χ1v) is 3.62. The van der Waals surface area contributed by atoms with E-state index < -0.39 is 0 Å². The number of aromatic nitrogens is 2. The lowest BCUT2D eigenvalue weighted by Crippen LogP contribution is -2.23. The molecule has 4 heteroatoms. The highest BCUT2D eigenvalue weighted by atomic mass is 16.1. The molecular formula is C7H9N3O. The highest BCUT2D eigenvalue weighted by Gasteiger charge is 2.25. The van der Waals surface area contributed by atoms with E-state index in [4.69, 9.17) is 5.73 Å². The molecule has 1 aromatic rings. The zero-order chi connectivity index (χ0) is 7.84. The Kier molecular flexibility index (Phi) is 1.21. The molecule has 2 N–H and O–H groups in total. The van der Waals surface area contributed by atoms with Crippen molar-refractivity contribution in [3.63, 3.8) is 0 Å². The first-order chi connectivity index (χ1) is 5.29. The molecule has 0 aliphatic heterocycles. The number of rotatable bonds is 1. The Morgan fingerprint density at radius 3 is 3.00 bits per heavy atom. The number of anilines is 1. The van der Waals surface area contributed by atoms with E-state index in [0.29, 0.717) is 6.04 Å². The van der Waals surface area contributed by atoms with Gasteiger partial charge in [0.15, 0.2) is 0 Å². The lowest BCUT2D eigenvalue weighted by molar-refractivity contribution is 0.601. The lowest BCUT2D eigenvalue weighted by atomic mass is 10.5. The summed E-state index contributed by atoms with van der Waals surface area (Å²) in [5, 5.41) is 3.93. The van der Waals surface area contributed by atoms with Gasteiger partial charge < -0.3 is 5.73 Å². The topological polar surface area (TPSA) is 60.9 Å². The summed E-state index contributed by atoms with van der Waals surface area (Å²) >= 11 is 0. The fraction of sp³-hybridized carbons (Fsp3) is 0.429. The van der Waals surface area contributed by atoms with E-state index in [2.05, 4.69) is 5.10 Å². The van der Waals surface area contributed by atoms with E-state index in [0.717, 1.165) is 12.8 Å².